The quantitative estimate of drug-likeness (QED) is 0.391. The number of amidine groups is 1. The van der Waals surface area contributed by atoms with Crippen molar-refractivity contribution in [2.75, 3.05) is 19.8 Å². The summed E-state index contributed by atoms with van der Waals surface area (Å²) in [5.41, 5.74) is 8.07. The molecule has 0 unspecified atom stereocenters. The van der Waals surface area contributed by atoms with Crippen LogP contribution < -0.4 is 10.5 Å². The van der Waals surface area contributed by atoms with Crippen LogP contribution in [0.5, 0.6) is 5.88 Å². The average molecular weight is 294 g/mol. The number of nitrogens with zero attached hydrogens (tertiary/aromatic N) is 2. The zero-order valence-corrected chi connectivity index (χ0v) is 13.2. The Kier molecular flexibility index (Phi) is 7.68. The van der Waals surface area contributed by atoms with E-state index in [9.17, 15) is 0 Å². The molecule has 6 nitrogen and oxygen atoms in total. The van der Waals surface area contributed by atoms with Crippen LogP contribution >= 0.6 is 0 Å². The Hall–Kier alpha value is -1.69. The van der Waals surface area contributed by atoms with Gasteiger partial charge in [0.1, 0.15) is 12.4 Å². The minimum Gasteiger partial charge on any atom is -0.474 e. The van der Waals surface area contributed by atoms with Crippen molar-refractivity contribution in [3.05, 3.63) is 16.8 Å². The Morgan fingerprint density at radius 2 is 1.86 bits per heavy atom. The summed E-state index contributed by atoms with van der Waals surface area (Å²) in [5, 5.41) is 16.0. The molecule has 3 N–H and O–H groups in total. The fourth-order valence-electron chi connectivity index (χ4n) is 2.08. The van der Waals surface area contributed by atoms with Gasteiger partial charge in [0, 0.05) is 6.61 Å². The van der Waals surface area contributed by atoms with Crippen LogP contribution in [0, 0.1) is 5.41 Å². The minimum absolute atomic E-state index is 0.0293. The molecule has 0 saturated carbocycles. The maximum atomic E-state index is 7.76. The number of unbranched alkanes of at least 4 members (excludes halogenated alkanes) is 1. The number of aryl methyl sites for hydroxylation is 1. The van der Waals surface area contributed by atoms with Crippen molar-refractivity contribution in [2.45, 2.75) is 46.5 Å². The van der Waals surface area contributed by atoms with Crippen LogP contribution in [0.15, 0.2) is 0 Å². The first kappa shape index (κ1) is 17.4. The molecule has 0 spiro atoms. The van der Waals surface area contributed by atoms with E-state index in [0.717, 1.165) is 43.5 Å². The highest BCUT2D eigenvalue weighted by atomic mass is 16.5. The lowest BCUT2D eigenvalue weighted by Crippen LogP contribution is -2.20. The van der Waals surface area contributed by atoms with E-state index in [-0.39, 0.29) is 5.84 Å². The highest BCUT2D eigenvalue weighted by molar-refractivity contribution is 5.98. The predicted molar refractivity (Wildman–Crippen MR) is 83.0 cm³/mol. The first-order valence-electron chi connectivity index (χ1n) is 7.58. The fraction of sp³-hybridized carbons (Fsp3) is 0.667. The number of hydrogen-bond donors (Lipinski definition) is 2. The molecule has 0 aromatic carbocycles. The van der Waals surface area contributed by atoms with Crippen molar-refractivity contribution in [3.8, 4) is 5.88 Å². The summed E-state index contributed by atoms with van der Waals surface area (Å²) in [6.07, 6.45) is 3.66. The topological polar surface area (TPSA) is 94.1 Å². The lowest BCUT2D eigenvalue weighted by atomic mass is 10.0. The second kappa shape index (κ2) is 9.28. The summed E-state index contributed by atoms with van der Waals surface area (Å²) in [5.74, 6) is 0.300. The van der Waals surface area contributed by atoms with Crippen molar-refractivity contribution in [1.82, 2.24) is 10.2 Å². The van der Waals surface area contributed by atoms with Crippen LogP contribution in [0.1, 0.15) is 50.4 Å². The Morgan fingerprint density at radius 3 is 2.43 bits per heavy atom. The van der Waals surface area contributed by atoms with Crippen molar-refractivity contribution in [2.24, 2.45) is 5.73 Å². The molecule has 0 amide bonds. The Morgan fingerprint density at radius 1 is 1.10 bits per heavy atom. The largest absolute Gasteiger partial charge is 0.474 e. The second-order valence-electron chi connectivity index (χ2n) is 4.74. The van der Waals surface area contributed by atoms with E-state index in [1.54, 1.807) is 0 Å². The van der Waals surface area contributed by atoms with E-state index in [1.165, 1.54) is 0 Å². The van der Waals surface area contributed by atoms with Gasteiger partial charge in [-0.1, -0.05) is 27.2 Å². The van der Waals surface area contributed by atoms with Gasteiger partial charge < -0.3 is 15.2 Å². The van der Waals surface area contributed by atoms with E-state index >= 15 is 0 Å². The van der Waals surface area contributed by atoms with E-state index in [2.05, 4.69) is 17.1 Å². The molecular formula is C15H26N4O2. The van der Waals surface area contributed by atoms with E-state index in [4.69, 9.17) is 20.6 Å². The molecule has 6 heteroatoms. The van der Waals surface area contributed by atoms with Crippen molar-refractivity contribution < 1.29 is 9.47 Å². The second-order valence-corrected chi connectivity index (χ2v) is 4.74. The van der Waals surface area contributed by atoms with Gasteiger partial charge in [-0.05, 0) is 24.8 Å². The monoisotopic (exact) mass is 294 g/mol. The van der Waals surface area contributed by atoms with Gasteiger partial charge in [0.15, 0.2) is 0 Å². The van der Waals surface area contributed by atoms with Gasteiger partial charge in [-0.25, -0.2) is 0 Å². The summed E-state index contributed by atoms with van der Waals surface area (Å²) in [4.78, 5) is 0. The van der Waals surface area contributed by atoms with Crippen LogP contribution in [0.3, 0.4) is 0 Å². The molecule has 118 valence electrons. The van der Waals surface area contributed by atoms with E-state index in [1.807, 2.05) is 13.8 Å². The molecule has 0 saturated heterocycles. The first-order valence-corrected chi connectivity index (χ1v) is 7.58. The van der Waals surface area contributed by atoms with Crippen molar-refractivity contribution in [3.63, 3.8) is 0 Å². The minimum atomic E-state index is -0.0293. The van der Waals surface area contributed by atoms with Gasteiger partial charge in [-0.15, -0.1) is 5.10 Å². The van der Waals surface area contributed by atoms with Gasteiger partial charge in [-0.2, -0.15) is 5.10 Å². The predicted octanol–water partition coefficient (Wildman–Crippen LogP) is 2.08. The van der Waals surface area contributed by atoms with Gasteiger partial charge in [0.05, 0.1) is 17.9 Å². The maximum Gasteiger partial charge on any atom is 0.244 e. The molecule has 0 fully saturated rings. The van der Waals surface area contributed by atoms with E-state index < -0.39 is 0 Å². The van der Waals surface area contributed by atoms with Crippen LogP contribution in [0.2, 0.25) is 0 Å². The number of nitrogens with two attached hydrogens (primary N) is 1. The van der Waals surface area contributed by atoms with Crippen LogP contribution in [0.25, 0.3) is 0 Å². The van der Waals surface area contributed by atoms with Crippen molar-refractivity contribution >= 4 is 5.84 Å². The molecule has 0 bridgehead atoms. The third-order valence-corrected chi connectivity index (χ3v) is 3.19. The normalized spacial score (nSPS) is 10.6. The Labute approximate surface area is 126 Å². The standard InChI is InChI=1S/C15H26N4O2/c1-4-7-8-20-9-10-21-15-13(14(16)17)11(5-2)12(6-3)18-19-15/h4-10H2,1-3H3,(H3,16,17). The third-order valence-electron chi connectivity index (χ3n) is 3.19. The number of aromatic nitrogens is 2. The molecule has 1 aromatic heterocycles. The summed E-state index contributed by atoms with van der Waals surface area (Å²) in [6.45, 7) is 7.76. The van der Waals surface area contributed by atoms with Crippen LogP contribution in [0.4, 0.5) is 0 Å². The zero-order chi connectivity index (χ0) is 15.7. The molecule has 0 aliphatic rings. The highest BCUT2D eigenvalue weighted by Gasteiger charge is 2.17. The number of ether oxygens (including phenoxy) is 2. The summed E-state index contributed by atoms with van der Waals surface area (Å²) in [7, 11) is 0. The summed E-state index contributed by atoms with van der Waals surface area (Å²) < 4.78 is 11.0. The number of rotatable bonds is 10. The number of nitrogens with one attached hydrogen (secondary N) is 1. The molecular weight excluding hydrogens is 268 g/mol. The Bertz CT molecular complexity index is 463. The molecule has 0 aliphatic carbocycles. The highest BCUT2D eigenvalue weighted by Crippen LogP contribution is 2.22. The summed E-state index contributed by atoms with van der Waals surface area (Å²) >= 11 is 0. The molecule has 0 atom stereocenters. The van der Waals surface area contributed by atoms with Gasteiger partial charge in [-0.3, -0.25) is 5.41 Å². The van der Waals surface area contributed by atoms with Gasteiger partial charge >= 0.3 is 0 Å². The van der Waals surface area contributed by atoms with Gasteiger partial charge in [0.2, 0.25) is 5.88 Å². The Balaban J connectivity index is 2.75. The molecule has 1 heterocycles. The van der Waals surface area contributed by atoms with Crippen LogP contribution in [-0.4, -0.2) is 35.9 Å². The fourth-order valence-corrected chi connectivity index (χ4v) is 2.08. The molecule has 0 radical (unpaired) electrons. The van der Waals surface area contributed by atoms with Gasteiger partial charge in [0.25, 0.3) is 0 Å². The lowest BCUT2D eigenvalue weighted by molar-refractivity contribution is 0.0960. The SMILES string of the molecule is CCCCOCCOc1nnc(CC)c(CC)c1C(=N)N. The third kappa shape index (κ3) is 4.97. The first-order chi connectivity index (χ1) is 10.2. The van der Waals surface area contributed by atoms with Crippen molar-refractivity contribution in [1.29, 1.82) is 5.41 Å². The zero-order valence-electron chi connectivity index (χ0n) is 13.2. The lowest BCUT2D eigenvalue weighted by Gasteiger charge is -2.14. The molecule has 1 aromatic rings. The number of nitrogen functional groups attached to an aromatic ring is 1. The maximum absolute atomic E-state index is 7.76. The molecule has 21 heavy (non-hydrogen) atoms. The number of hydrogen-bond acceptors (Lipinski definition) is 5. The average Bonchev–Trinajstić information content (AvgIpc) is 2.49. The summed E-state index contributed by atoms with van der Waals surface area (Å²) in [6, 6.07) is 0. The molecule has 1 rings (SSSR count). The molecule has 0 aliphatic heterocycles. The van der Waals surface area contributed by atoms with E-state index in [0.29, 0.717) is 24.7 Å². The smallest absolute Gasteiger partial charge is 0.244 e. The van der Waals surface area contributed by atoms with Crippen LogP contribution in [-0.2, 0) is 17.6 Å².